The van der Waals surface area contributed by atoms with Crippen molar-refractivity contribution in [2.75, 3.05) is 5.43 Å². The minimum atomic E-state index is -0.678. The lowest BCUT2D eigenvalue weighted by Crippen LogP contribution is -2.31. The normalized spacial score (nSPS) is 9.60. The molecule has 0 atom stereocenters. The molecule has 0 radical (unpaired) electrons. The molecule has 0 saturated heterocycles. The Labute approximate surface area is 112 Å². The van der Waals surface area contributed by atoms with Crippen LogP contribution in [0, 0.1) is 11.3 Å². The van der Waals surface area contributed by atoms with E-state index < -0.39 is 5.69 Å². The van der Waals surface area contributed by atoms with Crippen LogP contribution in [0.5, 0.6) is 0 Å². The Balaban J connectivity index is 2.38. The summed E-state index contributed by atoms with van der Waals surface area (Å²) in [5, 5.41) is 8.96. The van der Waals surface area contributed by atoms with Gasteiger partial charge in [0.2, 0.25) is 11.9 Å². The first-order chi connectivity index (χ1) is 9.61. The van der Waals surface area contributed by atoms with Crippen LogP contribution in [-0.2, 0) is 4.79 Å². The Bertz CT molecular complexity index is 747. The highest BCUT2D eigenvalue weighted by atomic mass is 16.2. The fourth-order valence-corrected chi connectivity index (χ4v) is 1.36. The van der Waals surface area contributed by atoms with Gasteiger partial charge in [0.25, 0.3) is 0 Å². The van der Waals surface area contributed by atoms with E-state index in [9.17, 15) is 9.59 Å². The molecule has 2 aromatic heterocycles. The first-order valence-electron chi connectivity index (χ1n) is 5.45. The maximum absolute atomic E-state index is 11.9. The number of hydrazine groups is 1. The van der Waals surface area contributed by atoms with Gasteiger partial charge in [0, 0.05) is 13.1 Å². The lowest BCUT2D eigenvalue weighted by molar-refractivity contribution is -0.118. The first kappa shape index (κ1) is 13.2. The SMILES string of the molecule is CC(=O)NNc1ncn(-c2ncccc2C#N)c(=O)n1. The number of rotatable bonds is 3. The fourth-order valence-electron chi connectivity index (χ4n) is 1.36. The van der Waals surface area contributed by atoms with Gasteiger partial charge in [0.1, 0.15) is 12.4 Å². The summed E-state index contributed by atoms with van der Waals surface area (Å²) in [5.41, 5.74) is 4.16. The molecule has 0 spiro atoms. The third kappa shape index (κ3) is 2.75. The van der Waals surface area contributed by atoms with Crippen molar-refractivity contribution in [1.82, 2.24) is 24.9 Å². The molecular formula is C11H9N7O2. The van der Waals surface area contributed by atoms with Crippen molar-refractivity contribution in [2.24, 2.45) is 0 Å². The molecule has 1 amide bonds. The molecule has 100 valence electrons. The average molecular weight is 271 g/mol. The van der Waals surface area contributed by atoms with Crippen LogP contribution in [0.4, 0.5) is 5.95 Å². The standard InChI is InChI=1S/C11H9N7O2/c1-7(19)16-17-10-14-6-18(11(20)15-10)9-8(5-12)3-2-4-13-9/h2-4,6H,1H3,(H,16,19)(H,15,17,20). The molecule has 0 aliphatic carbocycles. The molecule has 2 aromatic rings. The van der Waals surface area contributed by atoms with Crippen LogP contribution in [0.3, 0.4) is 0 Å². The smallest absolute Gasteiger partial charge is 0.274 e. The van der Waals surface area contributed by atoms with Crippen LogP contribution < -0.4 is 16.5 Å². The molecule has 0 bridgehead atoms. The summed E-state index contributed by atoms with van der Waals surface area (Å²) in [6.45, 7) is 1.29. The number of amides is 1. The van der Waals surface area contributed by atoms with Gasteiger partial charge in [-0.2, -0.15) is 10.2 Å². The molecule has 0 saturated carbocycles. The lowest BCUT2D eigenvalue weighted by atomic mass is 10.3. The molecule has 20 heavy (non-hydrogen) atoms. The second-order valence-corrected chi connectivity index (χ2v) is 3.63. The minimum absolute atomic E-state index is 0.0594. The number of hydrogen-bond acceptors (Lipinski definition) is 7. The summed E-state index contributed by atoms with van der Waals surface area (Å²) in [7, 11) is 0. The Morgan fingerprint density at radius 3 is 2.90 bits per heavy atom. The van der Waals surface area contributed by atoms with Gasteiger partial charge in [0.15, 0.2) is 5.82 Å². The topological polar surface area (TPSA) is 126 Å². The summed E-state index contributed by atoms with van der Waals surface area (Å²) in [6.07, 6.45) is 2.62. The maximum Gasteiger partial charge on any atom is 0.357 e. The highest BCUT2D eigenvalue weighted by molar-refractivity contribution is 5.73. The number of aromatic nitrogens is 4. The van der Waals surface area contributed by atoms with E-state index in [1.807, 2.05) is 6.07 Å². The van der Waals surface area contributed by atoms with Gasteiger partial charge in [-0.1, -0.05) is 0 Å². The van der Waals surface area contributed by atoms with Crippen molar-refractivity contribution in [1.29, 1.82) is 5.26 Å². The van der Waals surface area contributed by atoms with Gasteiger partial charge in [-0.25, -0.2) is 19.3 Å². The Kier molecular flexibility index (Phi) is 3.67. The van der Waals surface area contributed by atoms with Crippen LogP contribution in [0.2, 0.25) is 0 Å². The Morgan fingerprint density at radius 1 is 1.45 bits per heavy atom. The van der Waals surface area contributed by atoms with Crippen LogP contribution in [0.15, 0.2) is 29.5 Å². The predicted molar refractivity (Wildman–Crippen MR) is 67.6 cm³/mol. The third-order valence-corrected chi connectivity index (χ3v) is 2.19. The molecule has 2 heterocycles. The van der Waals surface area contributed by atoms with Gasteiger partial charge in [-0.15, -0.1) is 0 Å². The lowest BCUT2D eigenvalue weighted by Gasteiger charge is -2.07. The summed E-state index contributed by atoms with van der Waals surface area (Å²) in [5.74, 6) is -0.267. The number of pyridine rings is 1. The van der Waals surface area contributed by atoms with Crippen molar-refractivity contribution in [3.63, 3.8) is 0 Å². The van der Waals surface area contributed by atoms with Crippen molar-refractivity contribution < 1.29 is 4.79 Å². The summed E-state index contributed by atoms with van der Waals surface area (Å²) >= 11 is 0. The summed E-state index contributed by atoms with van der Waals surface area (Å²) < 4.78 is 1.04. The van der Waals surface area contributed by atoms with Crippen molar-refractivity contribution >= 4 is 11.9 Å². The highest BCUT2D eigenvalue weighted by Gasteiger charge is 2.09. The van der Waals surface area contributed by atoms with E-state index >= 15 is 0 Å². The van der Waals surface area contributed by atoms with E-state index in [1.54, 1.807) is 6.07 Å². The van der Waals surface area contributed by atoms with E-state index in [0.717, 1.165) is 4.57 Å². The van der Waals surface area contributed by atoms with Gasteiger partial charge >= 0.3 is 5.69 Å². The highest BCUT2D eigenvalue weighted by Crippen LogP contribution is 2.06. The average Bonchev–Trinajstić information content (AvgIpc) is 2.45. The number of nitriles is 1. The molecular weight excluding hydrogens is 262 g/mol. The molecule has 2 N–H and O–H groups in total. The molecule has 0 unspecified atom stereocenters. The monoisotopic (exact) mass is 271 g/mol. The van der Waals surface area contributed by atoms with Crippen molar-refractivity contribution in [3.05, 3.63) is 40.7 Å². The fraction of sp³-hybridized carbons (Fsp3) is 0.0909. The number of anilines is 1. The maximum atomic E-state index is 11.9. The van der Waals surface area contributed by atoms with Crippen LogP contribution in [0.25, 0.3) is 5.82 Å². The number of carbonyl (C=O) groups excluding carboxylic acids is 1. The van der Waals surface area contributed by atoms with Crippen molar-refractivity contribution in [2.45, 2.75) is 6.92 Å². The van der Waals surface area contributed by atoms with Crippen LogP contribution in [0.1, 0.15) is 12.5 Å². The first-order valence-corrected chi connectivity index (χ1v) is 5.45. The molecule has 0 aliphatic heterocycles. The minimum Gasteiger partial charge on any atom is -0.274 e. The third-order valence-electron chi connectivity index (χ3n) is 2.19. The van der Waals surface area contributed by atoms with E-state index in [4.69, 9.17) is 5.26 Å². The predicted octanol–water partition coefficient (Wildman–Crippen LogP) is -0.643. The molecule has 0 aromatic carbocycles. The number of hydrogen-bond donors (Lipinski definition) is 2. The van der Waals surface area contributed by atoms with Gasteiger partial charge in [-0.3, -0.25) is 15.6 Å². The Hall–Kier alpha value is -3.28. The van der Waals surface area contributed by atoms with Crippen LogP contribution in [-0.4, -0.2) is 25.4 Å². The van der Waals surface area contributed by atoms with E-state index in [1.165, 1.54) is 25.5 Å². The molecule has 0 aliphatic rings. The quantitative estimate of drug-likeness (QED) is 0.711. The largest absolute Gasteiger partial charge is 0.357 e. The molecule has 9 heteroatoms. The van der Waals surface area contributed by atoms with Gasteiger partial charge < -0.3 is 0 Å². The molecule has 0 fully saturated rings. The summed E-state index contributed by atoms with van der Waals surface area (Å²) in [4.78, 5) is 34.0. The molecule has 9 nitrogen and oxygen atoms in total. The van der Waals surface area contributed by atoms with Gasteiger partial charge in [0.05, 0.1) is 5.56 Å². The number of nitrogens with one attached hydrogen (secondary N) is 2. The summed E-state index contributed by atoms with van der Waals surface area (Å²) in [6, 6.07) is 5.04. The second kappa shape index (κ2) is 5.57. The second-order valence-electron chi connectivity index (χ2n) is 3.63. The number of nitrogens with zero attached hydrogens (tertiary/aromatic N) is 5. The van der Waals surface area contributed by atoms with Crippen LogP contribution >= 0.6 is 0 Å². The Morgan fingerprint density at radius 2 is 2.25 bits per heavy atom. The van der Waals surface area contributed by atoms with Crippen molar-refractivity contribution in [3.8, 4) is 11.9 Å². The zero-order valence-electron chi connectivity index (χ0n) is 10.4. The van der Waals surface area contributed by atoms with E-state index in [2.05, 4.69) is 25.8 Å². The van der Waals surface area contributed by atoms with E-state index in [-0.39, 0.29) is 23.2 Å². The number of carbonyl (C=O) groups is 1. The zero-order chi connectivity index (χ0) is 14.5. The molecule has 2 rings (SSSR count). The van der Waals surface area contributed by atoms with Gasteiger partial charge in [-0.05, 0) is 12.1 Å². The zero-order valence-corrected chi connectivity index (χ0v) is 10.4. The van der Waals surface area contributed by atoms with E-state index in [0.29, 0.717) is 0 Å².